The standard InChI is InChI=1S/C14H11BrN4O2/c15-8-5-9(13(16)17-6-8)14(21)19-7-12(20)18-10-3-1-2-4-11(10)19/h1-6H,7H2,(H2,16,17)(H,18,20). The van der Waals surface area contributed by atoms with Gasteiger partial charge in [0.05, 0.1) is 16.9 Å². The highest BCUT2D eigenvalue weighted by molar-refractivity contribution is 9.10. The molecule has 0 unspecified atom stereocenters. The lowest BCUT2D eigenvalue weighted by Crippen LogP contribution is -2.42. The van der Waals surface area contributed by atoms with E-state index in [4.69, 9.17) is 5.73 Å². The molecule has 0 aliphatic carbocycles. The SMILES string of the molecule is Nc1ncc(Br)cc1C(=O)N1CC(=O)Nc2ccccc21. The molecule has 1 aliphatic rings. The van der Waals surface area contributed by atoms with Gasteiger partial charge in [0.1, 0.15) is 12.4 Å². The fraction of sp³-hybridized carbons (Fsp3) is 0.0714. The monoisotopic (exact) mass is 346 g/mol. The van der Waals surface area contributed by atoms with Gasteiger partial charge >= 0.3 is 0 Å². The largest absolute Gasteiger partial charge is 0.383 e. The number of pyridine rings is 1. The van der Waals surface area contributed by atoms with Crippen molar-refractivity contribution in [3.63, 3.8) is 0 Å². The summed E-state index contributed by atoms with van der Waals surface area (Å²) >= 11 is 3.26. The molecule has 0 bridgehead atoms. The maximum atomic E-state index is 12.7. The number of hydrogen-bond donors (Lipinski definition) is 2. The number of nitrogens with one attached hydrogen (secondary N) is 1. The predicted molar refractivity (Wildman–Crippen MR) is 83.1 cm³/mol. The molecule has 0 atom stereocenters. The molecular formula is C14H11BrN4O2. The second-order valence-electron chi connectivity index (χ2n) is 4.54. The van der Waals surface area contributed by atoms with E-state index in [0.717, 1.165) is 0 Å². The summed E-state index contributed by atoms with van der Waals surface area (Å²) < 4.78 is 0.648. The Morgan fingerprint density at radius 1 is 1.38 bits per heavy atom. The van der Waals surface area contributed by atoms with Crippen molar-refractivity contribution in [3.05, 3.63) is 46.6 Å². The summed E-state index contributed by atoms with van der Waals surface area (Å²) in [5.74, 6) is -0.473. The van der Waals surface area contributed by atoms with Crippen molar-refractivity contribution in [1.29, 1.82) is 0 Å². The van der Waals surface area contributed by atoms with Gasteiger partial charge in [0.25, 0.3) is 5.91 Å². The molecule has 2 aromatic rings. The molecule has 0 spiro atoms. The van der Waals surface area contributed by atoms with Crippen LogP contribution < -0.4 is 16.0 Å². The summed E-state index contributed by atoms with van der Waals surface area (Å²) in [6, 6.07) is 8.71. The number of aromatic nitrogens is 1. The average Bonchev–Trinajstić information content (AvgIpc) is 2.48. The highest BCUT2D eigenvalue weighted by atomic mass is 79.9. The van der Waals surface area contributed by atoms with Crippen LogP contribution in [0.5, 0.6) is 0 Å². The summed E-state index contributed by atoms with van der Waals surface area (Å²) in [5, 5.41) is 2.73. The molecule has 1 aromatic heterocycles. The van der Waals surface area contributed by atoms with Crippen molar-refractivity contribution < 1.29 is 9.59 Å². The Hall–Kier alpha value is -2.41. The molecule has 106 valence electrons. The molecular weight excluding hydrogens is 336 g/mol. The molecule has 0 saturated heterocycles. The van der Waals surface area contributed by atoms with Gasteiger partial charge < -0.3 is 11.1 Å². The van der Waals surface area contributed by atoms with Gasteiger partial charge in [0.15, 0.2) is 0 Å². The van der Waals surface area contributed by atoms with Crippen molar-refractivity contribution in [1.82, 2.24) is 4.98 Å². The third-order valence-corrected chi connectivity index (χ3v) is 3.57. The van der Waals surface area contributed by atoms with E-state index in [2.05, 4.69) is 26.2 Å². The Bertz CT molecular complexity index is 748. The Kier molecular flexibility index (Phi) is 3.34. The first-order valence-corrected chi connectivity index (χ1v) is 6.97. The zero-order valence-corrected chi connectivity index (χ0v) is 12.4. The van der Waals surface area contributed by atoms with Crippen LogP contribution in [-0.4, -0.2) is 23.3 Å². The van der Waals surface area contributed by atoms with E-state index in [0.29, 0.717) is 15.8 Å². The highest BCUT2D eigenvalue weighted by Crippen LogP contribution is 2.31. The van der Waals surface area contributed by atoms with Gasteiger partial charge in [-0.1, -0.05) is 12.1 Å². The van der Waals surface area contributed by atoms with E-state index in [1.165, 1.54) is 11.1 Å². The minimum absolute atomic E-state index is 0.0538. The number of hydrogen-bond acceptors (Lipinski definition) is 4. The van der Waals surface area contributed by atoms with Crippen LogP contribution in [0, 0.1) is 0 Å². The fourth-order valence-corrected chi connectivity index (χ4v) is 2.51. The van der Waals surface area contributed by atoms with Crippen LogP contribution in [0.3, 0.4) is 0 Å². The van der Waals surface area contributed by atoms with Gasteiger partial charge in [-0.05, 0) is 34.1 Å². The molecule has 7 heteroatoms. The summed E-state index contributed by atoms with van der Waals surface area (Å²) in [7, 11) is 0. The summed E-state index contributed by atoms with van der Waals surface area (Å²) in [5.41, 5.74) is 7.27. The van der Waals surface area contributed by atoms with Crippen LogP contribution >= 0.6 is 15.9 Å². The third kappa shape index (κ3) is 2.47. The first-order valence-electron chi connectivity index (χ1n) is 6.18. The first kappa shape index (κ1) is 13.6. The number of carbonyl (C=O) groups is 2. The highest BCUT2D eigenvalue weighted by Gasteiger charge is 2.28. The van der Waals surface area contributed by atoms with Crippen LogP contribution in [0.2, 0.25) is 0 Å². The minimum Gasteiger partial charge on any atom is -0.383 e. The van der Waals surface area contributed by atoms with Crippen LogP contribution in [0.4, 0.5) is 17.2 Å². The summed E-state index contributed by atoms with van der Waals surface area (Å²) in [6.07, 6.45) is 1.52. The number of para-hydroxylation sites is 2. The molecule has 1 aliphatic heterocycles. The van der Waals surface area contributed by atoms with Crippen molar-refractivity contribution >= 4 is 44.9 Å². The minimum atomic E-state index is -0.358. The molecule has 0 radical (unpaired) electrons. The number of anilines is 3. The van der Waals surface area contributed by atoms with E-state index in [9.17, 15) is 9.59 Å². The Balaban J connectivity index is 2.06. The smallest absolute Gasteiger partial charge is 0.262 e. The van der Waals surface area contributed by atoms with E-state index in [1.54, 1.807) is 30.3 Å². The van der Waals surface area contributed by atoms with Crippen molar-refractivity contribution in [3.8, 4) is 0 Å². The molecule has 6 nitrogen and oxygen atoms in total. The van der Waals surface area contributed by atoms with Crippen LogP contribution in [0.15, 0.2) is 41.0 Å². The van der Waals surface area contributed by atoms with Gasteiger partial charge in [-0.2, -0.15) is 0 Å². The van der Waals surface area contributed by atoms with E-state index in [-0.39, 0.29) is 29.7 Å². The number of fused-ring (bicyclic) bond motifs is 1. The molecule has 3 rings (SSSR count). The normalized spacial score (nSPS) is 13.6. The predicted octanol–water partition coefficient (Wildman–Crippen LogP) is 2.03. The number of rotatable bonds is 1. The molecule has 2 amide bonds. The Morgan fingerprint density at radius 2 is 2.14 bits per heavy atom. The van der Waals surface area contributed by atoms with E-state index < -0.39 is 0 Å². The van der Waals surface area contributed by atoms with Gasteiger partial charge in [-0.25, -0.2) is 4.98 Å². The maximum Gasteiger partial charge on any atom is 0.262 e. The van der Waals surface area contributed by atoms with Crippen molar-refractivity contribution in [2.24, 2.45) is 0 Å². The number of nitrogens with zero attached hydrogens (tertiary/aromatic N) is 2. The zero-order valence-electron chi connectivity index (χ0n) is 10.8. The third-order valence-electron chi connectivity index (χ3n) is 3.13. The van der Waals surface area contributed by atoms with Crippen molar-refractivity contribution in [2.45, 2.75) is 0 Å². The quantitative estimate of drug-likeness (QED) is 0.826. The lowest BCUT2D eigenvalue weighted by Gasteiger charge is -2.29. The number of amides is 2. The summed E-state index contributed by atoms with van der Waals surface area (Å²) in [6.45, 7) is -0.0538. The second-order valence-corrected chi connectivity index (χ2v) is 5.46. The van der Waals surface area contributed by atoms with E-state index >= 15 is 0 Å². The van der Waals surface area contributed by atoms with Crippen molar-refractivity contribution in [2.75, 3.05) is 22.5 Å². The molecule has 3 N–H and O–H groups in total. The lowest BCUT2D eigenvalue weighted by molar-refractivity contribution is -0.115. The summed E-state index contributed by atoms with van der Waals surface area (Å²) in [4.78, 5) is 29.8. The number of benzene rings is 1. The maximum absolute atomic E-state index is 12.7. The first-order chi connectivity index (χ1) is 10.1. The lowest BCUT2D eigenvalue weighted by atomic mass is 10.1. The molecule has 0 saturated carbocycles. The van der Waals surface area contributed by atoms with Gasteiger partial charge in [-0.3, -0.25) is 14.5 Å². The molecule has 21 heavy (non-hydrogen) atoms. The van der Waals surface area contributed by atoms with Gasteiger partial charge in [0, 0.05) is 10.7 Å². The second kappa shape index (κ2) is 5.17. The zero-order chi connectivity index (χ0) is 15.0. The number of halogens is 1. The average molecular weight is 347 g/mol. The fourth-order valence-electron chi connectivity index (χ4n) is 2.18. The molecule has 2 heterocycles. The Morgan fingerprint density at radius 3 is 2.95 bits per heavy atom. The Labute approximate surface area is 129 Å². The van der Waals surface area contributed by atoms with Crippen LogP contribution in [0.25, 0.3) is 0 Å². The number of nitrogens with two attached hydrogens (primary N) is 1. The molecule has 1 aromatic carbocycles. The van der Waals surface area contributed by atoms with E-state index in [1.807, 2.05) is 0 Å². The van der Waals surface area contributed by atoms with Crippen LogP contribution in [-0.2, 0) is 4.79 Å². The topological polar surface area (TPSA) is 88.3 Å². The number of carbonyl (C=O) groups excluding carboxylic acids is 2. The van der Waals surface area contributed by atoms with Gasteiger partial charge in [-0.15, -0.1) is 0 Å². The number of nitrogen functional groups attached to an aromatic ring is 1. The van der Waals surface area contributed by atoms with Crippen LogP contribution in [0.1, 0.15) is 10.4 Å². The van der Waals surface area contributed by atoms with Gasteiger partial charge in [0.2, 0.25) is 5.91 Å². The molecule has 0 fully saturated rings.